The van der Waals surface area contributed by atoms with Gasteiger partial charge in [0.25, 0.3) is 5.91 Å². The third-order valence-electron chi connectivity index (χ3n) is 2.56. The lowest BCUT2D eigenvalue weighted by Gasteiger charge is -2.01. The maximum atomic E-state index is 11.8. The van der Waals surface area contributed by atoms with Gasteiger partial charge in [-0.25, -0.2) is 0 Å². The van der Waals surface area contributed by atoms with Crippen LogP contribution < -0.4 is 14.7 Å². The first kappa shape index (κ1) is 14.9. The van der Waals surface area contributed by atoms with Gasteiger partial charge in [0.2, 0.25) is 5.91 Å². The highest BCUT2D eigenvalue weighted by Gasteiger charge is 2.14. The molecule has 0 aliphatic heterocycles. The molecule has 0 fully saturated rings. The molecular weight excluding hydrogens is 292 g/mol. The number of rotatable bonds is 3. The Balaban J connectivity index is 2.52. The van der Waals surface area contributed by atoms with E-state index in [0.29, 0.717) is 0 Å². The van der Waals surface area contributed by atoms with Crippen LogP contribution in [0.4, 0.5) is 0 Å². The summed E-state index contributed by atoms with van der Waals surface area (Å²) in [5.74, 6) is -0.0553. The van der Waals surface area contributed by atoms with Crippen molar-refractivity contribution >= 4 is 23.3 Å². The summed E-state index contributed by atoms with van der Waals surface area (Å²) in [4.78, 5) is 26.8. The highest BCUT2D eigenvalue weighted by Crippen LogP contribution is 2.15. The molecule has 0 unspecified atom stereocenters. The van der Waals surface area contributed by atoms with Crippen molar-refractivity contribution in [3.05, 3.63) is 34.6 Å². The fourth-order valence-corrected chi connectivity index (χ4v) is 2.48. The molecule has 1 N–H and O–H groups in total. The van der Waals surface area contributed by atoms with Crippen LogP contribution in [0.5, 0.6) is 5.75 Å². The Morgan fingerprint density at radius 1 is 1.33 bits per heavy atom. The van der Waals surface area contributed by atoms with Crippen molar-refractivity contribution in [2.45, 2.75) is 6.92 Å². The monoisotopic (exact) mass is 306 g/mol. The fraction of sp³-hybridized carbons (Fsp3) is 0.231. The Morgan fingerprint density at radius 2 is 2.00 bits per heavy atom. The van der Waals surface area contributed by atoms with Crippen molar-refractivity contribution in [1.29, 1.82) is 0 Å². The first-order valence-electron chi connectivity index (χ1n) is 6.07. The minimum Gasteiger partial charge on any atom is -0.497 e. The molecule has 2 amide bonds. The van der Waals surface area contributed by atoms with Crippen molar-refractivity contribution in [2.24, 2.45) is 4.99 Å². The Hall–Kier alpha value is -2.48. The van der Waals surface area contributed by atoms with Gasteiger partial charge in [0.05, 0.1) is 12.8 Å². The zero-order chi connectivity index (χ0) is 15.4. The van der Waals surface area contributed by atoms with Gasteiger partial charge in [-0.3, -0.25) is 9.59 Å². The van der Waals surface area contributed by atoms with Crippen molar-refractivity contribution in [1.82, 2.24) is 14.5 Å². The number of amides is 2. The molecule has 0 bridgehead atoms. The number of methoxy groups -OCH3 is 1. The molecule has 1 aromatic heterocycles. The smallest absolute Gasteiger partial charge is 0.274 e. The predicted molar refractivity (Wildman–Crippen MR) is 77.6 cm³/mol. The summed E-state index contributed by atoms with van der Waals surface area (Å²) < 4.78 is 6.90. The first-order chi connectivity index (χ1) is 10.0. The molecule has 0 saturated carbocycles. The van der Waals surface area contributed by atoms with Crippen molar-refractivity contribution in [3.8, 4) is 11.4 Å². The molecule has 8 heteroatoms. The maximum Gasteiger partial charge on any atom is 0.274 e. The van der Waals surface area contributed by atoms with E-state index in [-0.39, 0.29) is 16.3 Å². The summed E-state index contributed by atoms with van der Waals surface area (Å²) in [7, 11) is 3.08. The standard InChI is InChI=1S/C13H14N4O3S/c1-8(18)15-13-11(12(19)14-2)16-17(21-13)9-4-6-10(20-3)7-5-9/h4-7H,1-3H3,(H,14,19). The Bertz CT molecular complexity index is 731. The molecule has 0 aliphatic rings. The molecule has 7 nitrogen and oxygen atoms in total. The summed E-state index contributed by atoms with van der Waals surface area (Å²) in [6.45, 7) is 1.32. The lowest BCUT2D eigenvalue weighted by Crippen LogP contribution is -2.24. The molecule has 1 heterocycles. The van der Waals surface area contributed by atoms with Crippen molar-refractivity contribution < 1.29 is 14.3 Å². The average Bonchev–Trinajstić information content (AvgIpc) is 2.89. The summed E-state index contributed by atoms with van der Waals surface area (Å²) >= 11 is 1.11. The van der Waals surface area contributed by atoms with Crippen LogP contribution in [-0.2, 0) is 4.79 Å². The number of hydrogen-bond acceptors (Lipinski definition) is 5. The second kappa shape index (κ2) is 6.31. The van der Waals surface area contributed by atoms with E-state index >= 15 is 0 Å². The minimum absolute atomic E-state index is 0.119. The van der Waals surface area contributed by atoms with Gasteiger partial charge in [-0.1, -0.05) is 0 Å². The van der Waals surface area contributed by atoms with Gasteiger partial charge >= 0.3 is 0 Å². The lowest BCUT2D eigenvalue weighted by molar-refractivity contribution is -0.116. The number of hydrogen-bond donors (Lipinski definition) is 1. The fourth-order valence-electron chi connectivity index (χ4n) is 1.58. The topological polar surface area (TPSA) is 85.6 Å². The van der Waals surface area contributed by atoms with Crippen molar-refractivity contribution in [2.75, 3.05) is 14.2 Å². The van der Waals surface area contributed by atoms with E-state index in [4.69, 9.17) is 4.74 Å². The molecule has 0 spiro atoms. The molecule has 110 valence electrons. The van der Waals surface area contributed by atoms with Crippen LogP contribution in [0.25, 0.3) is 5.69 Å². The van der Waals surface area contributed by atoms with Gasteiger partial charge < -0.3 is 10.1 Å². The molecule has 0 radical (unpaired) electrons. The van der Waals surface area contributed by atoms with Gasteiger partial charge in [0.1, 0.15) is 5.75 Å². The van der Waals surface area contributed by atoms with Gasteiger partial charge in [-0.2, -0.15) is 9.06 Å². The first-order valence-corrected chi connectivity index (χ1v) is 6.85. The van der Waals surface area contributed by atoms with Gasteiger partial charge in [-0.05, 0) is 35.8 Å². The number of aromatic nitrogens is 2. The van der Waals surface area contributed by atoms with Crippen LogP contribution >= 0.6 is 11.5 Å². The summed E-state index contributed by atoms with van der Waals surface area (Å²) in [5.41, 5.74) is 0.865. The summed E-state index contributed by atoms with van der Waals surface area (Å²) in [6.07, 6.45) is 0. The molecule has 0 atom stereocenters. The second-order valence-corrected chi connectivity index (χ2v) is 4.94. The van der Waals surface area contributed by atoms with E-state index in [0.717, 1.165) is 23.0 Å². The molecule has 2 rings (SSSR count). The van der Waals surface area contributed by atoms with Crippen LogP contribution in [0, 0.1) is 0 Å². The zero-order valence-corrected chi connectivity index (χ0v) is 12.6. The predicted octanol–water partition coefficient (Wildman–Crippen LogP) is 0.749. The third-order valence-corrected chi connectivity index (χ3v) is 3.48. The molecule has 1 aromatic carbocycles. The summed E-state index contributed by atoms with van der Waals surface area (Å²) in [5, 5.41) is 6.67. The third kappa shape index (κ3) is 3.34. The maximum absolute atomic E-state index is 11.8. The van der Waals surface area contributed by atoms with Gasteiger partial charge in [0, 0.05) is 14.0 Å². The number of ether oxygens (including phenoxy) is 1. The molecule has 0 aliphatic carbocycles. The highest BCUT2D eigenvalue weighted by molar-refractivity contribution is 7.04. The second-order valence-electron chi connectivity index (χ2n) is 4.03. The van der Waals surface area contributed by atoms with E-state index in [1.807, 2.05) is 0 Å². The highest BCUT2D eigenvalue weighted by atomic mass is 32.1. The van der Waals surface area contributed by atoms with Gasteiger partial charge in [0.15, 0.2) is 10.4 Å². The number of nitrogens with zero attached hydrogens (tertiary/aromatic N) is 3. The number of carbonyl (C=O) groups excluding carboxylic acids is 2. The van der Waals surface area contributed by atoms with E-state index < -0.39 is 5.91 Å². The SMILES string of the molecule is CNC(=O)c1nn(-c2ccc(OC)cc2)sc1=NC(C)=O. The number of carbonyl (C=O) groups is 2. The Morgan fingerprint density at radius 3 is 2.52 bits per heavy atom. The quantitative estimate of drug-likeness (QED) is 0.906. The number of benzene rings is 1. The largest absolute Gasteiger partial charge is 0.497 e. The van der Waals surface area contributed by atoms with Crippen LogP contribution in [0.3, 0.4) is 0 Å². The molecule has 21 heavy (non-hydrogen) atoms. The normalized spacial score (nSPS) is 11.3. The Kier molecular flexibility index (Phi) is 4.49. The van der Waals surface area contributed by atoms with Crippen molar-refractivity contribution in [3.63, 3.8) is 0 Å². The summed E-state index contributed by atoms with van der Waals surface area (Å²) in [6, 6.07) is 7.16. The van der Waals surface area contributed by atoms with Crippen LogP contribution in [0.1, 0.15) is 17.4 Å². The number of nitrogens with one attached hydrogen (secondary N) is 1. The Labute approximate surface area is 125 Å². The molecule has 0 saturated heterocycles. The van der Waals surface area contributed by atoms with Gasteiger partial charge in [-0.15, -0.1) is 5.10 Å². The van der Waals surface area contributed by atoms with E-state index in [9.17, 15) is 9.59 Å². The van der Waals surface area contributed by atoms with Crippen LogP contribution in [-0.4, -0.2) is 35.1 Å². The van der Waals surface area contributed by atoms with Crippen LogP contribution in [0.2, 0.25) is 0 Å². The van der Waals surface area contributed by atoms with E-state index in [1.165, 1.54) is 18.0 Å². The van der Waals surface area contributed by atoms with E-state index in [1.54, 1.807) is 31.4 Å². The average molecular weight is 306 g/mol. The van der Waals surface area contributed by atoms with E-state index in [2.05, 4.69) is 15.4 Å². The molecular formula is C13H14N4O3S. The minimum atomic E-state index is -0.390. The molecule has 2 aromatic rings. The lowest BCUT2D eigenvalue weighted by atomic mass is 10.3. The van der Waals surface area contributed by atoms with Crippen LogP contribution in [0.15, 0.2) is 29.3 Å². The zero-order valence-electron chi connectivity index (χ0n) is 11.8.